The first kappa shape index (κ1) is 11.2. The van der Waals surface area contributed by atoms with E-state index in [0.717, 1.165) is 18.3 Å². The van der Waals surface area contributed by atoms with E-state index in [-0.39, 0.29) is 0 Å². The van der Waals surface area contributed by atoms with Crippen molar-refractivity contribution < 1.29 is 5.11 Å². The van der Waals surface area contributed by atoms with E-state index >= 15 is 0 Å². The van der Waals surface area contributed by atoms with Gasteiger partial charge in [-0.3, -0.25) is 0 Å². The quantitative estimate of drug-likeness (QED) is 0.688. The van der Waals surface area contributed by atoms with Crippen molar-refractivity contribution in [1.29, 1.82) is 0 Å². The molecule has 3 unspecified atom stereocenters. The van der Waals surface area contributed by atoms with E-state index in [0.29, 0.717) is 5.41 Å². The zero-order valence-corrected chi connectivity index (χ0v) is 10.3. The molecule has 0 bridgehead atoms. The Balaban J connectivity index is 2.00. The summed E-state index contributed by atoms with van der Waals surface area (Å²) in [6.07, 6.45) is 10.8. The van der Waals surface area contributed by atoms with Crippen LogP contribution in [0.2, 0.25) is 0 Å². The van der Waals surface area contributed by atoms with Crippen molar-refractivity contribution in [3.63, 3.8) is 0 Å². The molecular weight excluding hydrogens is 184 g/mol. The fourth-order valence-corrected chi connectivity index (χ4v) is 3.70. The van der Waals surface area contributed by atoms with Gasteiger partial charge in [0.25, 0.3) is 0 Å². The fourth-order valence-electron chi connectivity index (χ4n) is 3.70. The number of fused-ring (bicyclic) bond motifs is 1. The molecule has 2 aliphatic rings. The lowest BCUT2D eigenvalue weighted by atomic mass is 9.72. The number of rotatable bonds is 2. The third kappa shape index (κ3) is 2.44. The fraction of sp³-hybridized carbons (Fsp3) is 0.857. The third-order valence-corrected chi connectivity index (χ3v) is 4.32. The first-order valence-electron chi connectivity index (χ1n) is 6.26. The second-order valence-electron chi connectivity index (χ2n) is 6.58. The smallest absolute Gasteiger partial charge is 0.0594 e. The van der Waals surface area contributed by atoms with Crippen LogP contribution in [0, 0.1) is 17.3 Å². The summed E-state index contributed by atoms with van der Waals surface area (Å²) in [6.45, 7) is 6.32. The van der Waals surface area contributed by atoms with Crippen LogP contribution >= 0.6 is 0 Å². The normalized spacial score (nSPS) is 40.5. The Kier molecular flexibility index (Phi) is 2.70. The lowest BCUT2D eigenvalue weighted by molar-refractivity contribution is 0.0517. The molecule has 0 radical (unpaired) electrons. The first-order chi connectivity index (χ1) is 6.89. The second kappa shape index (κ2) is 3.62. The summed E-state index contributed by atoms with van der Waals surface area (Å²) >= 11 is 0. The van der Waals surface area contributed by atoms with Crippen LogP contribution in [0.4, 0.5) is 0 Å². The molecule has 0 aromatic rings. The summed E-state index contributed by atoms with van der Waals surface area (Å²) in [6, 6.07) is 0. The Labute approximate surface area is 93.6 Å². The highest BCUT2D eigenvalue weighted by Gasteiger charge is 2.44. The molecule has 1 saturated carbocycles. The minimum Gasteiger partial charge on any atom is -0.390 e. The Morgan fingerprint density at radius 2 is 2.13 bits per heavy atom. The molecule has 15 heavy (non-hydrogen) atoms. The van der Waals surface area contributed by atoms with Gasteiger partial charge in [0.15, 0.2) is 0 Å². The van der Waals surface area contributed by atoms with E-state index in [9.17, 15) is 5.11 Å². The lowest BCUT2D eigenvalue weighted by Gasteiger charge is -2.33. The standard InChI is InChI=1S/C14H24O/c1-13(2,15)9-11-8-12-6-4-5-7-14(12,3)10-11/h4-5,11-12,15H,6-10H2,1-3H3. The summed E-state index contributed by atoms with van der Waals surface area (Å²) in [5.41, 5.74) is 0.0482. The molecule has 0 spiro atoms. The summed E-state index contributed by atoms with van der Waals surface area (Å²) in [4.78, 5) is 0. The van der Waals surface area contributed by atoms with Crippen LogP contribution in [0.5, 0.6) is 0 Å². The predicted octanol–water partition coefficient (Wildman–Crippen LogP) is 3.53. The van der Waals surface area contributed by atoms with E-state index in [1.54, 1.807) is 0 Å². The molecule has 0 saturated heterocycles. The van der Waals surface area contributed by atoms with Gasteiger partial charge in [-0.1, -0.05) is 19.1 Å². The molecular formula is C14H24O. The average Bonchev–Trinajstić information content (AvgIpc) is 2.36. The van der Waals surface area contributed by atoms with E-state index in [2.05, 4.69) is 19.1 Å². The van der Waals surface area contributed by atoms with Gasteiger partial charge in [-0.2, -0.15) is 0 Å². The van der Waals surface area contributed by atoms with E-state index in [1.807, 2.05) is 13.8 Å². The van der Waals surface area contributed by atoms with Crippen molar-refractivity contribution >= 4 is 0 Å². The minimum absolute atomic E-state index is 0.484. The van der Waals surface area contributed by atoms with Gasteiger partial charge in [0.05, 0.1) is 5.60 Å². The van der Waals surface area contributed by atoms with Crippen LogP contribution in [0.25, 0.3) is 0 Å². The zero-order valence-electron chi connectivity index (χ0n) is 10.3. The summed E-state index contributed by atoms with van der Waals surface area (Å²) in [5, 5.41) is 9.88. The van der Waals surface area contributed by atoms with E-state index < -0.39 is 5.60 Å². The molecule has 0 aromatic heterocycles. The zero-order chi connectivity index (χ0) is 11.1. The maximum Gasteiger partial charge on any atom is 0.0594 e. The van der Waals surface area contributed by atoms with Crippen molar-refractivity contribution in [2.24, 2.45) is 17.3 Å². The summed E-state index contributed by atoms with van der Waals surface area (Å²) < 4.78 is 0. The van der Waals surface area contributed by atoms with Crippen molar-refractivity contribution in [3.05, 3.63) is 12.2 Å². The van der Waals surface area contributed by atoms with Crippen LogP contribution in [0.1, 0.15) is 52.9 Å². The largest absolute Gasteiger partial charge is 0.390 e. The van der Waals surface area contributed by atoms with Crippen molar-refractivity contribution in [2.45, 2.75) is 58.5 Å². The molecule has 3 atom stereocenters. The third-order valence-electron chi connectivity index (χ3n) is 4.32. The number of allylic oxidation sites excluding steroid dienone is 2. The molecule has 86 valence electrons. The maximum atomic E-state index is 9.88. The predicted molar refractivity (Wildman–Crippen MR) is 63.6 cm³/mol. The molecule has 0 aromatic carbocycles. The van der Waals surface area contributed by atoms with Crippen LogP contribution in [0.3, 0.4) is 0 Å². The van der Waals surface area contributed by atoms with Crippen LogP contribution < -0.4 is 0 Å². The number of hydrogen-bond donors (Lipinski definition) is 1. The molecule has 0 heterocycles. The van der Waals surface area contributed by atoms with E-state index in [1.165, 1.54) is 25.7 Å². The number of aliphatic hydroxyl groups is 1. The van der Waals surface area contributed by atoms with Crippen LogP contribution in [0.15, 0.2) is 12.2 Å². The molecule has 1 N–H and O–H groups in total. The van der Waals surface area contributed by atoms with Gasteiger partial charge in [-0.25, -0.2) is 0 Å². The minimum atomic E-state index is -0.484. The molecule has 2 rings (SSSR count). The topological polar surface area (TPSA) is 20.2 Å². The van der Waals surface area contributed by atoms with Crippen LogP contribution in [-0.2, 0) is 0 Å². The van der Waals surface area contributed by atoms with Crippen molar-refractivity contribution in [2.75, 3.05) is 0 Å². The Bertz CT molecular complexity index is 261. The molecule has 1 fully saturated rings. The highest BCUT2D eigenvalue weighted by Crippen LogP contribution is 2.53. The maximum absolute atomic E-state index is 9.88. The van der Waals surface area contributed by atoms with E-state index in [4.69, 9.17) is 0 Å². The second-order valence-corrected chi connectivity index (χ2v) is 6.58. The van der Waals surface area contributed by atoms with Gasteiger partial charge < -0.3 is 5.11 Å². The highest BCUT2D eigenvalue weighted by molar-refractivity contribution is 5.05. The molecule has 0 aliphatic heterocycles. The van der Waals surface area contributed by atoms with Gasteiger partial charge in [-0.05, 0) is 63.2 Å². The van der Waals surface area contributed by atoms with Gasteiger partial charge in [-0.15, -0.1) is 0 Å². The number of hydrogen-bond acceptors (Lipinski definition) is 1. The van der Waals surface area contributed by atoms with Gasteiger partial charge >= 0.3 is 0 Å². The molecule has 1 heteroatoms. The molecule has 2 aliphatic carbocycles. The monoisotopic (exact) mass is 208 g/mol. The summed E-state index contributed by atoms with van der Waals surface area (Å²) in [5.74, 6) is 1.61. The van der Waals surface area contributed by atoms with Crippen molar-refractivity contribution in [1.82, 2.24) is 0 Å². The highest BCUT2D eigenvalue weighted by atomic mass is 16.3. The molecule has 0 amide bonds. The summed E-state index contributed by atoms with van der Waals surface area (Å²) in [7, 11) is 0. The molecule has 1 nitrogen and oxygen atoms in total. The van der Waals surface area contributed by atoms with Gasteiger partial charge in [0.1, 0.15) is 0 Å². The van der Waals surface area contributed by atoms with Gasteiger partial charge in [0, 0.05) is 0 Å². The van der Waals surface area contributed by atoms with Crippen LogP contribution in [-0.4, -0.2) is 10.7 Å². The van der Waals surface area contributed by atoms with Crippen molar-refractivity contribution in [3.8, 4) is 0 Å². The first-order valence-corrected chi connectivity index (χ1v) is 6.26. The Morgan fingerprint density at radius 3 is 2.73 bits per heavy atom. The Morgan fingerprint density at radius 1 is 1.40 bits per heavy atom. The Hall–Kier alpha value is -0.300. The average molecular weight is 208 g/mol. The van der Waals surface area contributed by atoms with Gasteiger partial charge in [0.2, 0.25) is 0 Å². The lowest BCUT2D eigenvalue weighted by Crippen LogP contribution is -2.24. The SMILES string of the molecule is CC(C)(O)CC1CC2CC=CCC2(C)C1.